The van der Waals surface area contributed by atoms with Crippen molar-refractivity contribution in [2.75, 3.05) is 39.5 Å². The number of carbonyl (C=O) groups is 1. The van der Waals surface area contributed by atoms with E-state index in [1.807, 2.05) is 25.9 Å². The highest BCUT2D eigenvalue weighted by Gasteiger charge is 2.28. The molecule has 5 heteroatoms. The Morgan fingerprint density at radius 1 is 1.50 bits per heavy atom. The molecule has 20 heavy (non-hydrogen) atoms. The van der Waals surface area contributed by atoms with Crippen LogP contribution in [0.5, 0.6) is 5.75 Å². The van der Waals surface area contributed by atoms with Crippen LogP contribution in [-0.2, 0) is 0 Å². The van der Waals surface area contributed by atoms with Gasteiger partial charge in [0, 0.05) is 24.7 Å². The van der Waals surface area contributed by atoms with Crippen molar-refractivity contribution in [3.63, 3.8) is 0 Å². The summed E-state index contributed by atoms with van der Waals surface area (Å²) in [6.45, 7) is 4.05. The standard InChI is InChI=1S/C15H23N3O2/c1-4-20-14-6-5-11(9-13(14)16)15(19)18-8-7-12(10-18)17(2)3/h5-6,9,12H,4,7-8,10,16H2,1-3H3. The third-order valence-electron chi connectivity index (χ3n) is 3.74. The molecule has 1 aliphatic heterocycles. The van der Waals surface area contributed by atoms with E-state index in [-0.39, 0.29) is 5.91 Å². The first-order valence-corrected chi connectivity index (χ1v) is 7.01. The van der Waals surface area contributed by atoms with Crippen LogP contribution in [0, 0.1) is 0 Å². The van der Waals surface area contributed by atoms with Gasteiger partial charge in [0.25, 0.3) is 5.91 Å². The van der Waals surface area contributed by atoms with Crippen LogP contribution in [0.4, 0.5) is 5.69 Å². The molecule has 5 nitrogen and oxygen atoms in total. The summed E-state index contributed by atoms with van der Waals surface area (Å²) in [5.74, 6) is 0.681. The fourth-order valence-corrected chi connectivity index (χ4v) is 2.50. The molecule has 110 valence electrons. The van der Waals surface area contributed by atoms with Gasteiger partial charge < -0.3 is 20.3 Å². The first kappa shape index (κ1) is 14.7. The molecule has 0 aromatic heterocycles. The summed E-state index contributed by atoms with van der Waals surface area (Å²) in [7, 11) is 4.10. The Balaban J connectivity index is 2.08. The quantitative estimate of drug-likeness (QED) is 0.846. The maximum absolute atomic E-state index is 12.4. The van der Waals surface area contributed by atoms with E-state index in [2.05, 4.69) is 4.90 Å². The van der Waals surface area contributed by atoms with Gasteiger partial charge in [-0.15, -0.1) is 0 Å². The third kappa shape index (κ3) is 3.04. The van der Waals surface area contributed by atoms with Gasteiger partial charge in [-0.05, 0) is 45.6 Å². The molecule has 0 spiro atoms. The van der Waals surface area contributed by atoms with E-state index in [1.165, 1.54) is 0 Å². The summed E-state index contributed by atoms with van der Waals surface area (Å²) in [6.07, 6.45) is 1.02. The predicted octanol–water partition coefficient (Wildman–Crippen LogP) is 1.44. The maximum Gasteiger partial charge on any atom is 0.253 e. The number of likely N-dealkylation sites (N-methyl/N-ethyl adjacent to an activating group) is 1. The molecule has 1 atom stereocenters. The van der Waals surface area contributed by atoms with Crippen molar-refractivity contribution in [2.45, 2.75) is 19.4 Å². The number of nitrogens with zero attached hydrogens (tertiary/aromatic N) is 2. The molecule has 1 aromatic carbocycles. The summed E-state index contributed by atoms with van der Waals surface area (Å²) in [5, 5.41) is 0. The van der Waals surface area contributed by atoms with E-state index in [0.29, 0.717) is 29.6 Å². The highest BCUT2D eigenvalue weighted by Crippen LogP contribution is 2.24. The number of rotatable bonds is 4. The number of carbonyl (C=O) groups excluding carboxylic acids is 1. The van der Waals surface area contributed by atoms with Gasteiger partial charge in [0.2, 0.25) is 0 Å². The largest absolute Gasteiger partial charge is 0.492 e. The van der Waals surface area contributed by atoms with Crippen LogP contribution in [0.3, 0.4) is 0 Å². The van der Waals surface area contributed by atoms with Crippen LogP contribution in [0.2, 0.25) is 0 Å². The number of anilines is 1. The van der Waals surface area contributed by atoms with Gasteiger partial charge in [-0.1, -0.05) is 0 Å². The molecule has 1 unspecified atom stereocenters. The number of hydrogen-bond donors (Lipinski definition) is 1. The normalized spacial score (nSPS) is 18.6. The molecule has 1 fully saturated rings. The van der Waals surface area contributed by atoms with Crippen molar-refractivity contribution in [3.05, 3.63) is 23.8 Å². The Bertz CT molecular complexity index is 488. The van der Waals surface area contributed by atoms with Crippen LogP contribution in [0.1, 0.15) is 23.7 Å². The Labute approximate surface area is 120 Å². The summed E-state index contributed by atoms with van der Waals surface area (Å²) >= 11 is 0. The van der Waals surface area contributed by atoms with Crippen molar-refractivity contribution in [2.24, 2.45) is 0 Å². The molecule has 2 rings (SSSR count). The first-order chi connectivity index (χ1) is 9.52. The highest BCUT2D eigenvalue weighted by molar-refractivity contribution is 5.95. The lowest BCUT2D eigenvalue weighted by Crippen LogP contribution is -2.34. The van der Waals surface area contributed by atoms with E-state index in [9.17, 15) is 4.79 Å². The molecule has 1 aromatic rings. The molecular weight excluding hydrogens is 254 g/mol. The highest BCUT2D eigenvalue weighted by atomic mass is 16.5. The zero-order valence-electron chi connectivity index (χ0n) is 12.4. The van der Waals surface area contributed by atoms with Crippen LogP contribution >= 0.6 is 0 Å². The van der Waals surface area contributed by atoms with E-state index in [4.69, 9.17) is 10.5 Å². The molecular formula is C15H23N3O2. The zero-order valence-corrected chi connectivity index (χ0v) is 12.4. The maximum atomic E-state index is 12.4. The lowest BCUT2D eigenvalue weighted by Gasteiger charge is -2.20. The van der Waals surface area contributed by atoms with E-state index < -0.39 is 0 Å². The van der Waals surface area contributed by atoms with Crippen molar-refractivity contribution >= 4 is 11.6 Å². The molecule has 0 bridgehead atoms. The molecule has 0 radical (unpaired) electrons. The zero-order chi connectivity index (χ0) is 14.7. The third-order valence-corrected chi connectivity index (χ3v) is 3.74. The van der Waals surface area contributed by atoms with Gasteiger partial charge in [0.15, 0.2) is 0 Å². The van der Waals surface area contributed by atoms with Crippen molar-refractivity contribution < 1.29 is 9.53 Å². The van der Waals surface area contributed by atoms with Crippen LogP contribution in [0.25, 0.3) is 0 Å². The van der Waals surface area contributed by atoms with Crippen molar-refractivity contribution in [3.8, 4) is 5.75 Å². The molecule has 1 heterocycles. The Hall–Kier alpha value is -1.75. The molecule has 1 saturated heterocycles. The average molecular weight is 277 g/mol. The lowest BCUT2D eigenvalue weighted by molar-refractivity contribution is 0.0783. The minimum Gasteiger partial charge on any atom is -0.492 e. The minimum absolute atomic E-state index is 0.0455. The smallest absolute Gasteiger partial charge is 0.253 e. The predicted molar refractivity (Wildman–Crippen MR) is 80.0 cm³/mol. The van der Waals surface area contributed by atoms with Gasteiger partial charge in [-0.2, -0.15) is 0 Å². The number of nitrogen functional groups attached to an aromatic ring is 1. The van der Waals surface area contributed by atoms with Gasteiger partial charge in [-0.25, -0.2) is 0 Å². The SMILES string of the molecule is CCOc1ccc(C(=O)N2CCC(N(C)C)C2)cc1N. The monoisotopic (exact) mass is 277 g/mol. The van der Waals surface area contributed by atoms with Gasteiger partial charge in [0.1, 0.15) is 5.75 Å². The van der Waals surface area contributed by atoms with Crippen molar-refractivity contribution in [1.82, 2.24) is 9.80 Å². The average Bonchev–Trinajstić information content (AvgIpc) is 2.90. The van der Waals surface area contributed by atoms with Crippen molar-refractivity contribution in [1.29, 1.82) is 0 Å². The van der Waals surface area contributed by atoms with E-state index >= 15 is 0 Å². The number of benzene rings is 1. The molecule has 0 saturated carbocycles. The number of likely N-dealkylation sites (tertiary alicyclic amines) is 1. The Kier molecular flexibility index (Phi) is 4.49. The second-order valence-corrected chi connectivity index (χ2v) is 5.34. The molecule has 0 aliphatic carbocycles. The topological polar surface area (TPSA) is 58.8 Å². The summed E-state index contributed by atoms with van der Waals surface area (Å²) in [4.78, 5) is 16.5. The summed E-state index contributed by atoms with van der Waals surface area (Å²) in [5.41, 5.74) is 7.06. The molecule has 1 amide bonds. The first-order valence-electron chi connectivity index (χ1n) is 7.01. The lowest BCUT2D eigenvalue weighted by atomic mass is 10.1. The van der Waals surface area contributed by atoms with Crippen LogP contribution < -0.4 is 10.5 Å². The fraction of sp³-hybridized carbons (Fsp3) is 0.533. The number of ether oxygens (including phenoxy) is 1. The molecule has 2 N–H and O–H groups in total. The second kappa shape index (κ2) is 6.13. The summed E-state index contributed by atoms with van der Waals surface area (Å²) in [6, 6.07) is 5.70. The number of amides is 1. The second-order valence-electron chi connectivity index (χ2n) is 5.34. The fourth-order valence-electron chi connectivity index (χ4n) is 2.50. The Morgan fingerprint density at radius 2 is 2.25 bits per heavy atom. The van der Waals surface area contributed by atoms with Gasteiger partial charge >= 0.3 is 0 Å². The van der Waals surface area contributed by atoms with E-state index in [0.717, 1.165) is 19.5 Å². The minimum atomic E-state index is 0.0455. The Morgan fingerprint density at radius 3 is 2.80 bits per heavy atom. The van der Waals surface area contributed by atoms with Crippen LogP contribution in [-0.4, -0.2) is 55.5 Å². The number of hydrogen-bond acceptors (Lipinski definition) is 4. The van der Waals surface area contributed by atoms with Gasteiger partial charge in [-0.3, -0.25) is 4.79 Å². The number of nitrogens with two attached hydrogens (primary N) is 1. The van der Waals surface area contributed by atoms with Gasteiger partial charge in [0.05, 0.1) is 12.3 Å². The summed E-state index contributed by atoms with van der Waals surface area (Å²) < 4.78 is 5.39. The molecule has 1 aliphatic rings. The van der Waals surface area contributed by atoms with Crippen LogP contribution in [0.15, 0.2) is 18.2 Å². The van der Waals surface area contributed by atoms with E-state index in [1.54, 1.807) is 18.2 Å².